The van der Waals surface area contributed by atoms with E-state index in [1.54, 1.807) is 0 Å². The molecule has 20 heavy (non-hydrogen) atoms. The summed E-state index contributed by atoms with van der Waals surface area (Å²) in [5.74, 6) is 0. The van der Waals surface area contributed by atoms with Crippen molar-refractivity contribution in [3.05, 3.63) is 27.7 Å². The second kappa shape index (κ2) is 5.95. The first-order chi connectivity index (χ1) is 8.93. The van der Waals surface area contributed by atoms with Crippen LogP contribution in [-0.4, -0.2) is 4.99 Å². The minimum absolute atomic E-state index is 0.144. The van der Waals surface area contributed by atoms with Gasteiger partial charge in [-0.2, -0.15) is 13.2 Å². The predicted octanol–water partition coefficient (Wildman–Crippen LogP) is 5.30. The Labute approximate surface area is 130 Å². The molecule has 112 valence electrons. The highest BCUT2D eigenvalue weighted by Gasteiger charge is 2.32. The molecule has 0 saturated heterocycles. The standard InChI is InChI=1S/C12H13Cl2F3N2S/c1-11(2,3)10(20)19-18-9-7(13)4-6(5-8(9)14)12(15,16)17/h4-5,18H,1-3H3,(H,19,20). The van der Waals surface area contributed by atoms with Crippen LogP contribution in [0.4, 0.5) is 18.9 Å². The molecule has 2 nitrogen and oxygen atoms in total. The summed E-state index contributed by atoms with van der Waals surface area (Å²) in [7, 11) is 0. The Hall–Kier alpha value is -0.720. The van der Waals surface area contributed by atoms with Crippen LogP contribution in [0.15, 0.2) is 12.1 Å². The van der Waals surface area contributed by atoms with Gasteiger partial charge in [0.2, 0.25) is 0 Å². The molecule has 8 heteroatoms. The Morgan fingerprint density at radius 1 is 1.10 bits per heavy atom. The molecule has 1 aromatic carbocycles. The molecule has 0 amide bonds. The SMILES string of the molecule is CC(C)(C)C(=S)NNc1c(Cl)cc(C(F)(F)F)cc1Cl. The van der Waals surface area contributed by atoms with Crippen molar-refractivity contribution in [3.8, 4) is 0 Å². The largest absolute Gasteiger partial charge is 0.416 e. The van der Waals surface area contributed by atoms with Gasteiger partial charge in [0.25, 0.3) is 0 Å². The molecule has 0 unspecified atom stereocenters. The summed E-state index contributed by atoms with van der Waals surface area (Å²) in [5.41, 5.74) is 4.30. The van der Waals surface area contributed by atoms with Gasteiger partial charge in [0.1, 0.15) is 0 Å². The van der Waals surface area contributed by atoms with Gasteiger partial charge in [-0.25, -0.2) is 0 Å². The van der Waals surface area contributed by atoms with Gasteiger partial charge in [-0.15, -0.1) is 0 Å². The summed E-state index contributed by atoms with van der Waals surface area (Å²) in [6, 6.07) is 1.61. The maximum absolute atomic E-state index is 12.6. The van der Waals surface area contributed by atoms with E-state index in [0.717, 1.165) is 12.1 Å². The van der Waals surface area contributed by atoms with Crippen LogP contribution in [0.1, 0.15) is 26.3 Å². The van der Waals surface area contributed by atoms with Crippen LogP contribution in [-0.2, 0) is 6.18 Å². The van der Waals surface area contributed by atoms with E-state index in [1.165, 1.54) is 0 Å². The van der Waals surface area contributed by atoms with Crippen LogP contribution in [0.25, 0.3) is 0 Å². The number of rotatable bonds is 2. The lowest BCUT2D eigenvalue weighted by atomic mass is 9.97. The maximum atomic E-state index is 12.6. The van der Waals surface area contributed by atoms with Crippen molar-refractivity contribution < 1.29 is 13.2 Å². The Kier molecular flexibility index (Phi) is 5.16. The lowest BCUT2D eigenvalue weighted by molar-refractivity contribution is -0.137. The number of hydrogen-bond donors (Lipinski definition) is 2. The number of thiocarbonyl (C=S) groups is 1. The van der Waals surface area contributed by atoms with Crippen molar-refractivity contribution in [2.75, 3.05) is 5.43 Å². The molecular weight excluding hydrogens is 332 g/mol. The molecule has 0 heterocycles. The number of benzene rings is 1. The summed E-state index contributed by atoms with van der Waals surface area (Å²) < 4.78 is 37.7. The average Bonchev–Trinajstić information content (AvgIpc) is 2.24. The number of anilines is 1. The minimum Gasteiger partial charge on any atom is -0.297 e. The fourth-order valence-electron chi connectivity index (χ4n) is 1.16. The van der Waals surface area contributed by atoms with E-state index in [-0.39, 0.29) is 21.1 Å². The van der Waals surface area contributed by atoms with Gasteiger partial charge in [-0.1, -0.05) is 56.2 Å². The first kappa shape index (κ1) is 17.3. The zero-order valence-electron chi connectivity index (χ0n) is 11.0. The van der Waals surface area contributed by atoms with E-state index < -0.39 is 11.7 Å². The summed E-state index contributed by atoms with van der Waals surface area (Å²) >= 11 is 16.7. The van der Waals surface area contributed by atoms with Crippen molar-refractivity contribution in [2.24, 2.45) is 5.41 Å². The van der Waals surface area contributed by atoms with Gasteiger partial charge in [-0.3, -0.25) is 10.9 Å². The van der Waals surface area contributed by atoms with E-state index in [2.05, 4.69) is 10.9 Å². The van der Waals surface area contributed by atoms with Gasteiger partial charge < -0.3 is 0 Å². The number of hydrogen-bond acceptors (Lipinski definition) is 2. The Morgan fingerprint density at radius 2 is 1.55 bits per heavy atom. The van der Waals surface area contributed by atoms with Crippen molar-refractivity contribution in [1.82, 2.24) is 5.43 Å². The number of hydrazine groups is 1. The monoisotopic (exact) mass is 344 g/mol. The zero-order valence-corrected chi connectivity index (χ0v) is 13.3. The molecule has 0 bridgehead atoms. The first-order valence-corrected chi connectivity index (χ1v) is 6.72. The highest BCUT2D eigenvalue weighted by Crippen LogP contribution is 2.38. The average molecular weight is 345 g/mol. The highest BCUT2D eigenvalue weighted by atomic mass is 35.5. The lowest BCUT2D eigenvalue weighted by Crippen LogP contribution is -2.37. The predicted molar refractivity (Wildman–Crippen MR) is 80.3 cm³/mol. The topological polar surface area (TPSA) is 24.1 Å². The van der Waals surface area contributed by atoms with Crippen molar-refractivity contribution in [2.45, 2.75) is 26.9 Å². The molecule has 0 aliphatic carbocycles. The molecule has 1 rings (SSSR count). The first-order valence-electron chi connectivity index (χ1n) is 5.55. The zero-order chi connectivity index (χ0) is 15.7. The van der Waals surface area contributed by atoms with Crippen molar-refractivity contribution >= 4 is 46.1 Å². The number of halogens is 5. The van der Waals surface area contributed by atoms with Crippen molar-refractivity contribution in [1.29, 1.82) is 0 Å². The van der Waals surface area contributed by atoms with E-state index in [0.29, 0.717) is 4.99 Å². The Balaban J connectivity index is 2.96. The molecule has 0 aliphatic heterocycles. The van der Waals surface area contributed by atoms with Gasteiger partial charge in [0.15, 0.2) is 0 Å². The fourth-order valence-corrected chi connectivity index (χ4v) is 1.80. The summed E-state index contributed by atoms with van der Waals surface area (Å²) in [5, 5.41) is -0.289. The van der Waals surface area contributed by atoms with E-state index in [4.69, 9.17) is 35.4 Å². The Morgan fingerprint density at radius 3 is 1.90 bits per heavy atom. The normalized spacial score (nSPS) is 12.2. The molecular formula is C12H13Cl2F3N2S. The van der Waals surface area contributed by atoms with Gasteiger partial charge in [0, 0.05) is 5.41 Å². The fraction of sp³-hybridized carbons (Fsp3) is 0.417. The quantitative estimate of drug-likeness (QED) is 0.562. The summed E-state index contributed by atoms with van der Waals surface area (Å²) in [6.45, 7) is 5.67. The van der Waals surface area contributed by atoms with E-state index >= 15 is 0 Å². The Bertz CT molecular complexity index is 501. The molecule has 0 saturated carbocycles. The number of nitrogens with one attached hydrogen (secondary N) is 2. The lowest BCUT2D eigenvalue weighted by Gasteiger charge is -2.23. The molecule has 0 atom stereocenters. The maximum Gasteiger partial charge on any atom is 0.416 e. The third kappa shape index (κ3) is 4.40. The molecule has 0 aromatic heterocycles. The molecule has 0 spiro atoms. The van der Waals surface area contributed by atoms with Crippen molar-refractivity contribution in [3.63, 3.8) is 0 Å². The van der Waals surface area contributed by atoms with Crippen LogP contribution in [0.2, 0.25) is 10.0 Å². The molecule has 1 aromatic rings. The van der Waals surface area contributed by atoms with E-state index in [9.17, 15) is 13.2 Å². The summed E-state index contributed by atoms with van der Waals surface area (Å²) in [6.07, 6.45) is -4.50. The summed E-state index contributed by atoms with van der Waals surface area (Å²) in [4.78, 5) is 0.476. The van der Waals surface area contributed by atoms with Crippen LogP contribution in [0.3, 0.4) is 0 Å². The van der Waals surface area contributed by atoms with Crippen LogP contribution in [0.5, 0.6) is 0 Å². The van der Waals surface area contributed by atoms with Crippen LogP contribution >= 0.6 is 35.4 Å². The molecule has 0 fully saturated rings. The third-order valence-electron chi connectivity index (χ3n) is 2.35. The third-order valence-corrected chi connectivity index (χ3v) is 3.66. The second-order valence-electron chi connectivity index (χ2n) is 5.14. The second-order valence-corrected chi connectivity index (χ2v) is 6.36. The number of alkyl halides is 3. The minimum atomic E-state index is -4.50. The molecule has 0 radical (unpaired) electrons. The van der Waals surface area contributed by atoms with Gasteiger partial charge in [-0.05, 0) is 12.1 Å². The van der Waals surface area contributed by atoms with Gasteiger partial charge in [0.05, 0.1) is 26.3 Å². The molecule has 2 N–H and O–H groups in total. The van der Waals surface area contributed by atoms with Crippen LogP contribution in [0, 0.1) is 5.41 Å². The van der Waals surface area contributed by atoms with Gasteiger partial charge >= 0.3 is 6.18 Å². The van der Waals surface area contributed by atoms with E-state index in [1.807, 2.05) is 20.8 Å². The van der Waals surface area contributed by atoms with Crippen LogP contribution < -0.4 is 10.9 Å². The molecule has 0 aliphatic rings. The smallest absolute Gasteiger partial charge is 0.297 e. The highest BCUT2D eigenvalue weighted by molar-refractivity contribution is 7.80.